The minimum Gasteiger partial charge on any atom is -0.378 e. The van der Waals surface area contributed by atoms with E-state index >= 15 is 0 Å². The Morgan fingerprint density at radius 3 is 2.81 bits per heavy atom. The predicted octanol–water partition coefficient (Wildman–Crippen LogP) is 0.791. The molecule has 0 aromatic carbocycles. The first-order valence-corrected chi connectivity index (χ1v) is 5.53. The van der Waals surface area contributed by atoms with Crippen LogP contribution in [-0.2, 0) is 16.0 Å². The molecule has 0 atom stereocenters. The van der Waals surface area contributed by atoms with E-state index < -0.39 is 0 Å². The van der Waals surface area contributed by atoms with E-state index in [4.69, 9.17) is 4.74 Å². The Morgan fingerprint density at radius 1 is 1.44 bits per heavy atom. The number of carbonyl (C=O) groups excluding carboxylic acids is 1. The van der Waals surface area contributed by atoms with Crippen molar-refractivity contribution < 1.29 is 9.53 Å². The summed E-state index contributed by atoms with van der Waals surface area (Å²) >= 11 is 0. The third-order valence-electron chi connectivity index (χ3n) is 2.67. The Hall–Kier alpha value is -1.42. The summed E-state index contributed by atoms with van der Waals surface area (Å²) in [5.41, 5.74) is 1.95. The van der Waals surface area contributed by atoms with Gasteiger partial charge in [-0.2, -0.15) is 0 Å². The van der Waals surface area contributed by atoms with Crippen LogP contribution in [0.2, 0.25) is 0 Å². The number of rotatable bonds is 2. The zero-order valence-corrected chi connectivity index (χ0v) is 9.48. The quantitative estimate of drug-likeness (QED) is 0.740. The highest BCUT2D eigenvalue weighted by molar-refractivity contribution is 5.78. The second-order valence-electron chi connectivity index (χ2n) is 4.00. The number of aromatic nitrogens is 1. The van der Waals surface area contributed by atoms with Crippen molar-refractivity contribution in [1.82, 2.24) is 9.88 Å². The van der Waals surface area contributed by atoms with Crippen molar-refractivity contribution in [3.63, 3.8) is 0 Å². The number of hydrogen-bond donors (Lipinski definition) is 0. The highest BCUT2D eigenvalue weighted by Gasteiger charge is 2.17. The lowest BCUT2D eigenvalue weighted by molar-refractivity contribution is -0.134. The van der Waals surface area contributed by atoms with Crippen molar-refractivity contribution in [3.05, 3.63) is 29.6 Å². The first-order valence-electron chi connectivity index (χ1n) is 5.53. The van der Waals surface area contributed by atoms with Gasteiger partial charge in [0, 0.05) is 25.0 Å². The van der Waals surface area contributed by atoms with Crippen LogP contribution in [0.15, 0.2) is 18.3 Å². The molecule has 0 radical (unpaired) electrons. The summed E-state index contributed by atoms with van der Waals surface area (Å²) in [6.45, 7) is 4.68. The maximum atomic E-state index is 11.9. The Balaban J connectivity index is 1.93. The molecule has 0 aliphatic carbocycles. The first kappa shape index (κ1) is 11.1. The van der Waals surface area contributed by atoms with E-state index in [9.17, 15) is 4.79 Å². The molecule has 0 bridgehead atoms. The second kappa shape index (κ2) is 5.07. The van der Waals surface area contributed by atoms with E-state index in [1.54, 1.807) is 6.20 Å². The van der Waals surface area contributed by atoms with Crippen molar-refractivity contribution in [3.8, 4) is 0 Å². The van der Waals surface area contributed by atoms with Crippen LogP contribution in [0.4, 0.5) is 0 Å². The van der Waals surface area contributed by atoms with Crippen molar-refractivity contribution in [1.29, 1.82) is 0 Å². The average Bonchev–Trinajstić information content (AvgIpc) is 2.33. The monoisotopic (exact) mass is 220 g/mol. The maximum absolute atomic E-state index is 11.9. The molecule has 1 fully saturated rings. The van der Waals surface area contributed by atoms with Crippen LogP contribution in [0, 0.1) is 6.92 Å². The van der Waals surface area contributed by atoms with Gasteiger partial charge in [0.25, 0.3) is 0 Å². The third-order valence-corrected chi connectivity index (χ3v) is 2.67. The molecular formula is C12H16N2O2. The van der Waals surface area contributed by atoms with Gasteiger partial charge < -0.3 is 9.64 Å². The van der Waals surface area contributed by atoms with Crippen LogP contribution in [0.25, 0.3) is 0 Å². The van der Waals surface area contributed by atoms with Crippen molar-refractivity contribution in [2.75, 3.05) is 26.3 Å². The molecule has 0 spiro atoms. The summed E-state index contributed by atoms with van der Waals surface area (Å²) in [7, 11) is 0. The lowest BCUT2D eigenvalue weighted by atomic mass is 10.2. The topological polar surface area (TPSA) is 42.4 Å². The van der Waals surface area contributed by atoms with E-state index in [1.807, 2.05) is 24.0 Å². The normalized spacial score (nSPS) is 16.2. The van der Waals surface area contributed by atoms with Crippen LogP contribution in [0.3, 0.4) is 0 Å². The van der Waals surface area contributed by atoms with Gasteiger partial charge in [0.15, 0.2) is 0 Å². The van der Waals surface area contributed by atoms with E-state index in [0.717, 1.165) is 11.3 Å². The summed E-state index contributed by atoms with van der Waals surface area (Å²) in [5.74, 6) is 0.139. The molecule has 4 heteroatoms. The van der Waals surface area contributed by atoms with Gasteiger partial charge in [0.05, 0.1) is 19.6 Å². The summed E-state index contributed by atoms with van der Waals surface area (Å²) in [5, 5.41) is 0. The van der Waals surface area contributed by atoms with Gasteiger partial charge >= 0.3 is 0 Å². The maximum Gasteiger partial charge on any atom is 0.228 e. The summed E-state index contributed by atoms with van der Waals surface area (Å²) < 4.78 is 5.21. The molecule has 0 unspecified atom stereocenters. The van der Waals surface area contributed by atoms with Gasteiger partial charge in [0.1, 0.15) is 0 Å². The second-order valence-corrected chi connectivity index (χ2v) is 4.00. The highest BCUT2D eigenvalue weighted by Crippen LogP contribution is 2.04. The first-order chi connectivity index (χ1) is 7.75. The number of morpholine rings is 1. The number of aryl methyl sites for hydroxylation is 1. The fourth-order valence-electron chi connectivity index (χ4n) is 1.68. The molecule has 1 amide bonds. The lowest BCUT2D eigenvalue weighted by Crippen LogP contribution is -2.41. The Kier molecular flexibility index (Phi) is 3.51. The largest absolute Gasteiger partial charge is 0.378 e. The number of amides is 1. The number of nitrogens with zero attached hydrogens (tertiary/aromatic N) is 2. The Labute approximate surface area is 95.2 Å². The molecule has 4 nitrogen and oxygen atoms in total. The zero-order valence-electron chi connectivity index (χ0n) is 9.48. The fraction of sp³-hybridized carbons (Fsp3) is 0.500. The van der Waals surface area contributed by atoms with Crippen LogP contribution in [-0.4, -0.2) is 42.1 Å². The van der Waals surface area contributed by atoms with Gasteiger partial charge in [-0.1, -0.05) is 6.07 Å². The SMILES string of the molecule is Cc1ccc(CC(=O)N2CCOCC2)nc1. The molecule has 1 aromatic rings. The molecule has 0 N–H and O–H groups in total. The predicted molar refractivity (Wildman–Crippen MR) is 60.1 cm³/mol. The molecule has 1 aliphatic heterocycles. The van der Waals surface area contributed by atoms with Crippen molar-refractivity contribution in [2.45, 2.75) is 13.3 Å². The molecule has 1 saturated heterocycles. The van der Waals surface area contributed by atoms with Gasteiger partial charge in [0.2, 0.25) is 5.91 Å². The fourth-order valence-corrected chi connectivity index (χ4v) is 1.68. The van der Waals surface area contributed by atoms with E-state index in [2.05, 4.69) is 4.98 Å². The molecule has 16 heavy (non-hydrogen) atoms. The van der Waals surface area contributed by atoms with Crippen LogP contribution < -0.4 is 0 Å². The Morgan fingerprint density at radius 2 is 2.19 bits per heavy atom. The van der Waals surface area contributed by atoms with Crippen molar-refractivity contribution >= 4 is 5.91 Å². The summed E-state index contributed by atoms with van der Waals surface area (Å²) in [4.78, 5) is 18.0. The van der Waals surface area contributed by atoms with E-state index in [-0.39, 0.29) is 5.91 Å². The van der Waals surface area contributed by atoms with Crippen LogP contribution in [0.1, 0.15) is 11.3 Å². The van der Waals surface area contributed by atoms with Crippen molar-refractivity contribution in [2.24, 2.45) is 0 Å². The molecule has 1 aromatic heterocycles. The number of hydrogen-bond acceptors (Lipinski definition) is 3. The summed E-state index contributed by atoms with van der Waals surface area (Å²) in [6, 6.07) is 3.89. The smallest absolute Gasteiger partial charge is 0.228 e. The molecule has 2 heterocycles. The Bertz CT molecular complexity index is 356. The minimum atomic E-state index is 0.139. The molecule has 2 rings (SSSR count). The van der Waals surface area contributed by atoms with Crippen LogP contribution in [0.5, 0.6) is 0 Å². The minimum absolute atomic E-state index is 0.139. The molecular weight excluding hydrogens is 204 g/mol. The lowest BCUT2D eigenvalue weighted by Gasteiger charge is -2.26. The van der Waals surface area contributed by atoms with Gasteiger partial charge in [-0.25, -0.2) is 0 Å². The standard InChI is InChI=1S/C12H16N2O2/c1-10-2-3-11(13-9-10)8-12(15)14-4-6-16-7-5-14/h2-3,9H,4-8H2,1H3. The van der Waals surface area contributed by atoms with Gasteiger partial charge in [-0.3, -0.25) is 9.78 Å². The number of carbonyl (C=O) groups is 1. The number of ether oxygens (including phenoxy) is 1. The average molecular weight is 220 g/mol. The van der Waals surface area contributed by atoms with Crippen LogP contribution >= 0.6 is 0 Å². The highest BCUT2D eigenvalue weighted by atomic mass is 16.5. The van der Waals surface area contributed by atoms with E-state index in [1.165, 1.54) is 0 Å². The number of pyridine rings is 1. The molecule has 1 aliphatic rings. The third kappa shape index (κ3) is 2.79. The molecule has 0 saturated carbocycles. The summed E-state index contributed by atoms with van der Waals surface area (Å²) in [6.07, 6.45) is 2.18. The van der Waals surface area contributed by atoms with Gasteiger partial charge in [-0.05, 0) is 18.6 Å². The molecule has 86 valence electrons. The van der Waals surface area contributed by atoms with Gasteiger partial charge in [-0.15, -0.1) is 0 Å². The zero-order chi connectivity index (χ0) is 11.4. The van der Waals surface area contributed by atoms with E-state index in [0.29, 0.717) is 32.7 Å².